The van der Waals surface area contributed by atoms with Crippen LogP contribution in [0.15, 0.2) is 23.0 Å². The summed E-state index contributed by atoms with van der Waals surface area (Å²) >= 11 is 0. The number of rotatable bonds is 7. The van der Waals surface area contributed by atoms with Crippen LogP contribution < -0.4 is 11.2 Å². The van der Waals surface area contributed by atoms with Crippen LogP contribution in [0, 0.1) is 0 Å². The molecule has 0 aliphatic heterocycles. The molecule has 1 amide bonds. The Hall–Kier alpha value is -2.67. The van der Waals surface area contributed by atoms with Crippen molar-refractivity contribution in [3.05, 3.63) is 45.2 Å². The molecule has 0 saturated heterocycles. The van der Waals surface area contributed by atoms with Crippen LogP contribution in [-0.4, -0.2) is 47.1 Å². The first-order chi connectivity index (χ1) is 12.3. The molecule has 140 valence electrons. The maximum Gasteiger partial charge on any atom is 0.341 e. The molecule has 0 bridgehead atoms. The molecule has 0 spiro atoms. The van der Waals surface area contributed by atoms with Gasteiger partial charge in [-0.2, -0.15) is 0 Å². The number of carbonyl (C=O) groups is 2. The smallest absolute Gasteiger partial charge is 0.341 e. The minimum Gasteiger partial charge on any atom is -0.477 e. The number of pyridine rings is 1. The average molecular weight is 359 g/mol. The van der Waals surface area contributed by atoms with E-state index in [0.717, 1.165) is 18.4 Å². The molecule has 0 aliphatic rings. The zero-order chi connectivity index (χ0) is 19.4. The normalized spacial score (nSPS) is 10.9. The van der Waals surface area contributed by atoms with E-state index >= 15 is 0 Å². The van der Waals surface area contributed by atoms with Crippen molar-refractivity contribution in [1.82, 2.24) is 9.47 Å². The number of benzene rings is 1. The van der Waals surface area contributed by atoms with Gasteiger partial charge in [0.15, 0.2) is 0 Å². The highest BCUT2D eigenvalue weighted by Gasteiger charge is 2.24. The Morgan fingerprint density at radius 1 is 1.27 bits per heavy atom. The van der Waals surface area contributed by atoms with Gasteiger partial charge in [-0.3, -0.25) is 9.59 Å². The minimum absolute atomic E-state index is 0.136. The monoisotopic (exact) mass is 359 g/mol. The first-order valence-corrected chi connectivity index (χ1v) is 8.63. The summed E-state index contributed by atoms with van der Waals surface area (Å²) in [5.41, 5.74) is 6.49. The Balaban J connectivity index is 2.78. The van der Waals surface area contributed by atoms with Gasteiger partial charge < -0.3 is 20.3 Å². The third-order valence-corrected chi connectivity index (χ3v) is 4.45. The van der Waals surface area contributed by atoms with Crippen molar-refractivity contribution in [3.63, 3.8) is 0 Å². The summed E-state index contributed by atoms with van der Waals surface area (Å²) in [6, 6.07) is 5.48. The predicted octanol–water partition coefficient (Wildman–Crippen LogP) is 1.24. The lowest BCUT2D eigenvalue weighted by Gasteiger charge is -2.19. The molecule has 0 aliphatic carbocycles. The molecule has 2 rings (SSSR count). The fourth-order valence-corrected chi connectivity index (χ4v) is 3.08. The van der Waals surface area contributed by atoms with Gasteiger partial charge in [0.2, 0.25) is 11.3 Å². The number of nitrogens with zero attached hydrogens (tertiary/aromatic N) is 2. The zero-order valence-electron chi connectivity index (χ0n) is 15.4. The first-order valence-electron chi connectivity index (χ1n) is 8.63. The number of aromatic nitrogens is 1. The molecular weight excluding hydrogens is 334 g/mol. The van der Waals surface area contributed by atoms with Crippen molar-refractivity contribution in [3.8, 4) is 0 Å². The summed E-state index contributed by atoms with van der Waals surface area (Å²) in [6.07, 6.45) is 1.37. The number of hydrogen-bond donors (Lipinski definition) is 2. The average Bonchev–Trinajstić information content (AvgIpc) is 2.60. The minimum atomic E-state index is -1.31. The predicted molar refractivity (Wildman–Crippen MR) is 101 cm³/mol. The van der Waals surface area contributed by atoms with Crippen molar-refractivity contribution in [2.45, 2.75) is 32.7 Å². The fourth-order valence-electron chi connectivity index (χ4n) is 3.08. The van der Waals surface area contributed by atoms with Crippen molar-refractivity contribution in [1.29, 1.82) is 0 Å². The molecule has 1 heterocycles. The summed E-state index contributed by atoms with van der Waals surface area (Å²) in [5.74, 6) is -1.57. The van der Waals surface area contributed by atoms with Gasteiger partial charge in [-0.1, -0.05) is 6.07 Å². The molecule has 1 aromatic heterocycles. The quantitative estimate of drug-likeness (QED) is 0.774. The van der Waals surface area contributed by atoms with Crippen LogP contribution in [0.25, 0.3) is 10.9 Å². The van der Waals surface area contributed by atoms with Crippen molar-refractivity contribution >= 4 is 22.8 Å². The second-order valence-corrected chi connectivity index (χ2v) is 6.41. The highest BCUT2D eigenvalue weighted by atomic mass is 16.4. The van der Waals surface area contributed by atoms with Gasteiger partial charge >= 0.3 is 5.97 Å². The second-order valence-electron chi connectivity index (χ2n) is 6.41. The molecule has 26 heavy (non-hydrogen) atoms. The summed E-state index contributed by atoms with van der Waals surface area (Å²) in [6.45, 7) is 2.86. The van der Waals surface area contributed by atoms with E-state index in [4.69, 9.17) is 5.73 Å². The Morgan fingerprint density at radius 3 is 2.50 bits per heavy atom. The highest BCUT2D eigenvalue weighted by molar-refractivity contribution is 5.96. The Morgan fingerprint density at radius 2 is 1.96 bits per heavy atom. The Bertz CT molecular complexity index is 900. The first kappa shape index (κ1) is 19.7. The lowest BCUT2D eigenvalue weighted by atomic mass is 10.0. The van der Waals surface area contributed by atoms with Crippen LogP contribution in [0.4, 0.5) is 0 Å². The molecule has 0 atom stereocenters. The third-order valence-electron chi connectivity index (χ3n) is 4.45. The van der Waals surface area contributed by atoms with Crippen molar-refractivity contribution in [2.75, 3.05) is 20.6 Å². The van der Waals surface area contributed by atoms with Gasteiger partial charge in [-0.15, -0.1) is 0 Å². The highest BCUT2D eigenvalue weighted by Crippen LogP contribution is 2.20. The molecule has 3 N–H and O–H groups in total. The van der Waals surface area contributed by atoms with Gasteiger partial charge in [0.1, 0.15) is 5.56 Å². The van der Waals surface area contributed by atoms with E-state index in [1.807, 2.05) is 19.1 Å². The Kier molecular flexibility index (Phi) is 6.15. The molecule has 7 heteroatoms. The number of likely N-dealkylation sites (N-methyl/N-ethyl adjacent to an activating group) is 1. The maximum absolute atomic E-state index is 12.9. The SMILES string of the molecule is CCn1c(CC(=O)N(C)C)c(C(=O)O)c(=O)c2cc(CCCN)ccc21. The van der Waals surface area contributed by atoms with E-state index in [0.29, 0.717) is 24.0 Å². The van der Waals surface area contributed by atoms with Gasteiger partial charge in [-0.25, -0.2) is 4.79 Å². The number of amides is 1. The van der Waals surface area contributed by atoms with Crippen LogP contribution in [-0.2, 0) is 24.2 Å². The number of carbonyl (C=O) groups excluding carboxylic acids is 1. The topological polar surface area (TPSA) is 106 Å². The fraction of sp³-hybridized carbons (Fsp3) is 0.421. The van der Waals surface area contributed by atoms with Crippen molar-refractivity contribution in [2.24, 2.45) is 5.73 Å². The van der Waals surface area contributed by atoms with Crippen LogP contribution in [0.2, 0.25) is 0 Å². The summed E-state index contributed by atoms with van der Waals surface area (Å²) in [4.78, 5) is 38.3. The van der Waals surface area contributed by atoms with Crippen LogP contribution in [0.1, 0.15) is 35.0 Å². The molecule has 0 fully saturated rings. The zero-order valence-corrected chi connectivity index (χ0v) is 15.4. The van der Waals surface area contributed by atoms with Crippen LogP contribution >= 0.6 is 0 Å². The molecule has 0 radical (unpaired) electrons. The van der Waals surface area contributed by atoms with E-state index in [2.05, 4.69) is 0 Å². The standard InChI is InChI=1S/C19H25N3O4/c1-4-22-14-8-7-12(6-5-9-20)10-13(14)18(24)17(19(25)26)15(22)11-16(23)21(2)3/h7-8,10H,4-6,9,11,20H2,1-3H3,(H,25,26). The number of nitrogens with two attached hydrogens (primary N) is 1. The van der Waals surface area contributed by atoms with Crippen LogP contribution in [0.3, 0.4) is 0 Å². The summed E-state index contributed by atoms with van der Waals surface area (Å²) < 4.78 is 1.74. The molecule has 1 aromatic carbocycles. The largest absolute Gasteiger partial charge is 0.477 e. The summed E-state index contributed by atoms with van der Waals surface area (Å²) in [5, 5.41) is 9.99. The van der Waals surface area contributed by atoms with Gasteiger partial charge in [0.25, 0.3) is 0 Å². The molecule has 2 aromatic rings. The van der Waals surface area contributed by atoms with E-state index in [-0.39, 0.29) is 23.6 Å². The van der Waals surface area contributed by atoms with E-state index in [1.54, 1.807) is 24.7 Å². The molecular formula is C19H25N3O4. The molecule has 7 nitrogen and oxygen atoms in total. The number of fused-ring (bicyclic) bond motifs is 1. The second kappa shape index (κ2) is 8.14. The molecule has 0 saturated carbocycles. The summed E-state index contributed by atoms with van der Waals surface area (Å²) in [7, 11) is 3.20. The van der Waals surface area contributed by atoms with Gasteiger partial charge in [0.05, 0.1) is 11.9 Å². The van der Waals surface area contributed by atoms with Crippen LogP contribution in [0.5, 0.6) is 0 Å². The number of aryl methyl sites for hydroxylation is 2. The third kappa shape index (κ3) is 3.77. The number of aromatic carboxylic acids is 1. The van der Waals surface area contributed by atoms with Gasteiger partial charge in [0, 0.05) is 31.7 Å². The number of hydrogen-bond acceptors (Lipinski definition) is 4. The van der Waals surface area contributed by atoms with E-state index in [1.165, 1.54) is 4.90 Å². The maximum atomic E-state index is 12.9. The molecule has 0 unspecified atom stereocenters. The number of carboxylic acids is 1. The lowest BCUT2D eigenvalue weighted by molar-refractivity contribution is -0.128. The Labute approximate surface area is 152 Å². The lowest BCUT2D eigenvalue weighted by Crippen LogP contribution is -2.30. The van der Waals surface area contributed by atoms with E-state index < -0.39 is 11.4 Å². The van der Waals surface area contributed by atoms with Crippen molar-refractivity contribution < 1.29 is 14.7 Å². The number of carboxylic acid groups (broad SMARTS) is 1. The van der Waals surface area contributed by atoms with E-state index in [9.17, 15) is 19.5 Å². The van der Waals surface area contributed by atoms with Gasteiger partial charge in [-0.05, 0) is 44.0 Å².